The summed E-state index contributed by atoms with van der Waals surface area (Å²) in [5, 5.41) is 11.6. The number of anilines is 1. The van der Waals surface area contributed by atoms with Crippen LogP contribution in [0.3, 0.4) is 0 Å². The van der Waals surface area contributed by atoms with E-state index in [1.165, 1.54) is 6.07 Å². The first-order valence-electron chi connectivity index (χ1n) is 7.10. The Kier molecular flexibility index (Phi) is 4.77. The summed E-state index contributed by atoms with van der Waals surface area (Å²) in [6.45, 7) is 3.42. The summed E-state index contributed by atoms with van der Waals surface area (Å²) in [5.41, 5.74) is -0.125. The molecule has 1 aliphatic rings. The first kappa shape index (κ1) is 15.3. The monoisotopic (exact) mass is 294 g/mol. The number of benzene rings is 1. The Hall–Kier alpha value is -2.11. The number of carbonyl (C=O) groups is 2. The fraction of sp³-hybridized carbons (Fsp3) is 0.467. The lowest BCUT2D eigenvalue weighted by atomic mass is 9.96. The van der Waals surface area contributed by atoms with Crippen molar-refractivity contribution in [2.75, 3.05) is 18.4 Å². The maximum Gasteiger partial charge on any atom is 0.337 e. The second-order valence-electron chi connectivity index (χ2n) is 5.29. The van der Waals surface area contributed by atoms with E-state index in [9.17, 15) is 14.0 Å². The third kappa shape index (κ3) is 3.71. The number of nitrogens with zero attached hydrogens (tertiary/aromatic N) is 1. The number of hydrogen-bond donors (Lipinski definition) is 2. The highest BCUT2D eigenvalue weighted by Crippen LogP contribution is 2.22. The summed E-state index contributed by atoms with van der Waals surface area (Å²) in [7, 11) is 0. The number of nitrogens with one attached hydrogen (secondary N) is 1. The van der Waals surface area contributed by atoms with Gasteiger partial charge >= 0.3 is 12.0 Å². The van der Waals surface area contributed by atoms with Crippen molar-refractivity contribution < 1.29 is 19.1 Å². The van der Waals surface area contributed by atoms with E-state index in [1.807, 2.05) is 0 Å². The Morgan fingerprint density at radius 1 is 1.48 bits per heavy atom. The minimum atomic E-state index is -1.27. The SMILES string of the molecule is CCC1CCCN(C(=O)Nc2ccc(F)cc2C(=O)O)C1. The van der Waals surface area contributed by atoms with Gasteiger partial charge < -0.3 is 15.3 Å². The van der Waals surface area contributed by atoms with Gasteiger partial charge in [0.1, 0.15) is 5.82 Å². The molecule has 0 bridgehead atoms. The minimum Gasteiger partial charge on any atom is -0.478 e. The van der Waals surface area contributed by atoms with Gasteiger partial charge in [0.15, 0.2) is 0 Å². The highest BCUT2D eigenvalue weighted by atomic mass is 19.1. The number of likely N-dealkylation sites (tertiary alicyclic amines) is 1. The largest absolute Gasteiger partial charge is 0.478 e. The molecule has 1 aromatic rings. The van der Waals surface area contributed by atoms with E-state index in [1.54, 1.807) is 4.90 Å². The van der Waals surface area contributed by atoms with Gasteiger partial charge in [0.2, 0.25) is 0 Å². The van der Waals surface area contributed by atoms with Gasteiger partial charge in [-0.25, -0.2) is 14.0 Å². The maximum absolute atomic E-state index is 13.1. The fourth-order valence-corrected chi connectivity index (χ4v) is 2.58. The third-order valence-electron chi connectivity index (χ3n) is 3.84. The Morgan fingerprint density at radius 2 is 2.24 bits per heavy atom. The molecule has 21 heavy (non-hydrogen) atoms. The predicted molar refractivity (Wildman–Crippen MR) is 77.0 cm³/mol. The van der Waals surface area contributed by atoms with Crippen LogP contribution in [0, 0.1) is 11.7 Å². The molecule has 2 rings (SSSR count). The summed E-state index contributed by atoms with van der Waals surface area (Å²) in [6, 6.07) is 2.98. The zero-order chi connectivity index (χ0) is 15.4. The molecule has 1 aromatic carbocycles. The van der Waals surface area contributed by atoms with E-state index in [4.69, 9.17) is 5.11 Å². The molecule has 1 fully saturated rings. The lowest BCUT2D eigenvalue weighted by Gasteiger charge is -2.32. The Morgan fingerprint density at radius 3 is 2.90 bits per heavy atom. The molecule has 1 unspecified atom stereocenters. The van der Waals surface area contributed by atoms with Gasteiger partial charge in [-0.15, -0.1) is 0 Å². The molecule has 1 atom stereocenters. The average molecular weight is 294 g/mol. The van der Waals surface area contributed by atoms with E-state index >= 15 is 0 Å². The van der Waals surface area contributed by atoms with E-state index in [2.05, 4.69) is 12.2 Å². The third-order valence-corrected chi connectivity index (χ3v) is 3.84. The Bertz CT molecular complexity index is 548. The molecule has 1 heterocycles. The van der Waals surface area contributed by atoms with E-state index in [0.29, 0.717) is 19.0 Å². The van der Waals surface area contributed by atoms with Crippen LogP contribution >= 0.6 is 0 Å². The number of urea groups is 1. The summed E-state index contributed by atoms with van der Waals surface area (Å²) in [6.07, 6.45) is 3.07. The van der Waals surface area contributed by atoms with Crippen molar-refractivity contribution in [1.82, 2.24) is 4.90 Å². The second-order valence-corrected chi connectivity index (χ2v) is 5.29. The van der Waals surface area contributed by atoms with Crippen molar-refractivity contribution in [1.29, 1.82) is 0 Å². The highest BCUT2D eigenvalue weighted by Gasteiger charge is 2.23. The summed E-state index contributed by atoms with van der Waals surface area (Å²) in [5.74, 6) is -1.43. The van der Waals surface area contributed by atoms with Crippen LogP contribution in [0.25, 0.3) is 0 Å². The predicted octanol–water partition coefficient (Wildman–Crippen LogP) is 3.18. The number of carboxylic acid groups (broad SMARTS) is 1. The number of amides is 2. The van der Waals surface area contributed by atoms with Crippen LogP contribution < -0.4 is 5.32 Å². The molecule has 2 amide bonds. The van der Waals surface area contributed by atoms with E-state index in [0.717, 1.165) is 31.4 Å². The number of carbonyl (C=O) groups excluding carboxylic acids is 1. The second kappa shape index (κ2) is 6.56. The van der Waals surface area contributed by atoms with Crippen molar-refractivity contribution in [3.8, 4) is 0 Å². The first-order chi connectivity index (χ1) is 10.0. The molecule has 6 heteroatoms. The molecule has 5 nitrogen and oxygen atoms in total. The molecule has 0 spiro atoms. The zero-order valence-electron chi connectivity index (χ0n) is 11.9. The normalized spacial score (nSPS) is 18.4. The number of rotatable bonds is 3. The Labute approximate surface area is 122 Å². The maximum atomic E-state index is 13.1. The zero-order valence-corrected chi connectivity index (χ0v) is 11.9. The lowest BCUT2D eigenvalue weighted by Crippen LogP contribution is -2.42. The molecule has 1 saturated heterocycles. The lowest BCUT2D eigenvalue weighted by molar-refractivity contribution is 0.0697. The van der Waals surface area contributed by atoms with Gasteiger partial charge in [0, 0.05) is 13.1 Å². The molecular weight excluding hydrogens is 275 g/mol. The minimum absolute atomic E-state index is 0.118. The molecule has 0 radical (unpaired) electrons. The van der Waals surface area contributed by atoms with Crippen LogP contribution in [0.1, 0.15) is 36.5 Å². The van der Waals surface area contributed by atoms with Gasteiger partial charge in [-0.1, -0.05) is 13.3 Å². The summed E-state index contributed by atoms with van der Waals surface area (Å²) in [4.78, 5) is 25.0. The van der Waals surface area contributed by atoms with Gasteiger partial charge in [-0.3, -0.25) is 0 Å². The smallest absolute Gasteiger partial charge is 0.337 e. The molecule has 1 aliphatic heterocycles. The quantitative estimate of drug-likeness (QED) is 0.899. The van der Waals surface area contributed by atoms with Crippen LogP contribution in [0.15, 0.2) is 18.2 Å². The van der Waals surface area contributed by atoms with Crippen LogP contribution in [0.2, 0.25) is 0 Å². The topological polar surface area (TPSA) is 69.6 Å². The number of hydrogen-bond acceptors (Lipinski definition) is 2. The van der Waals surface area contributed by atoms with Crippen LogP contribution in [-0.2, 0) is 0 Å². The van der Waals surface area contributed by atoms with Crippen LogP contribution in [0.4, 0.5) is 14.9 Å². The van der Waals surface area contributed by atoms with Crippen molar-refractivity contribution >= 4 is 17.7 Å². The number of piperidine rings is 1. The van der Waals surface area contributed by atoms with Gasteiger partial charge in [0.25, 0.3) is 0 Å². The van der Waals surface area contributed by atoms with E-state index in [-0.39, 0.29) is 17.3 Å². The first-order valence-corrected chi connectivity index (χ1v) is 7.10. The van der Waals surface area contributed by atoms with Gasteiger partial charge in [-0.2, -0.15) is 0 Å². The number of aromatic carboxylic acids is 1. The molecule has 2 N–H and O–H groups in total. The molecular formula is C15H19FN2O3. The molecule has 0 saturated carbocycles. The molecule has 0 aromatic heterocycles. The van der Waals surface area contributed by atoms with Crippen molar-refractivity contribution in [3.05, 3.63) is 29.6 Å². The highest BCUT2D eigenvalue weighted by molar-refractivity contribution is 6.00. The van der Waals surface area contributed by atoms with Crippen molar-refractivity contribution in [2.24, 2.45) is 5.92 Å². The van der Waals surface area contributed by atoms with Crippen LogP contribution in [-0.4, -0.2) is 35.1 Å². The van der Waals surface area contributed by atoms with Gasteiger partial charge in [-0.05, 0) is 37.0 Å². The number of halogens is 1. The Balaban J connectivity index is 2.11. The summed E-state index contributed by atoms with van der Waals surface area (Å²) >= 11 is 0. The van der Waals surface area contributed by atoms with Crippen molar-refractivity contribution in [3.63, 3.8) is 0 Å². The number of carboxylic acids is 1. The standard InChI is InChI=1S/C15H19FN2O3/c1-2-10-4-3-7-18(9-10)15(21)17-13-6-5-11(16)8-12(13)14(19)20/h5-6,8,10H,2-4,7,9H2,1H3,(H,17,21)(H,19,20). The molecule has 0 aliphatic carbocycles. The van der Waals surface area contributed by atoms with Crippen molar-refractivity contribution in [2.45, 2.75) is 26.2 Å². The average Bonchev–Trinajstić information content (AvgIpc) is 2.48. The molecule has 114 valence electrons. The summed E-state index contributed by atoms with van der Waals surface area (Å²) < 4.78 is 13.1. The van der Waals surface area contributed by atoms with Crippen LogP contribution in [0.5, 0.6) is 0 Å². The van der Waals surface area contributed by atoms with Gasteiger partial charge in [0.05, 0.1) is 11.3 Å². The fourth-order valence-electron chi connectivity index (χ4n) is 2.58. The van der Waals surface area contributed by atoms with E-state index < -0.39 is 11.8 Å².